The maximum absolute atomic E-state index is 12.4. The minimum atomic E-state index is -3.66. The molecule has 1 aromatic carbocycles. The number of sulfonamides is 1. The smallest absolute Gasteiger partial charge is 0.285 e. The molecule has 0 aromatic heterocycles. The molecular weight excluding hydrogens is 304 g/mol. The number of hydrogen-bond donors (Lipinski definition) is 0. The Hall–Kier alpha value is -1.86. The van der Waals surface area contributed by atoms with Gasteiger partial charge in [0.2, 0.25) is 0 Å². The highest BCUT2D eigenvalue weighted by atomic mass is 32.2. The lowest BCUT2D eigenvalue weighted by molar-refractivity contribution is 0.0683. The Kier molecular flexibility index (Phi) is 3.92. The van der Waals surface area contributed by atoms with E-state index in [2.05, 4.69) is 4.40 Å². The lowest BCUT2D eigenvalue weighted by atomic mass is 10.1. The molecule has 2 heterocycles. The third-order valence-corrected chi connectivity index (χ3v) is 5.27. The first kappa shape index (κ1) is 15.1. The van der Waals surface area contributed by atoms with Crippen LogP contribution in [0.15, 0.2) is 34.2 Å². The largest absolute Gasteiger partial charge is 0.497 e. The first-order valence-corrected chi connectivity index (χ1v) is 8.50. The number of nitrogens with zero attached hydrogens (tertiary/aromatic N) is 2. The van der Waals surface area contributed by atoms with Crippen molar-refractivity contribution >= 4 is 20.8 Å². The lowest BCUT2D eigenvalue weighted by Crippen LogP contribution is -2.40. The molecule has 3 rings (SSSR count). The summed E-state index contributed by atoms with van der Waals surface area (Å²) in [6.45, 7) is 4.29. The van der Waals surface area contributed by atoms with Crippen molar-refractivity contribution in [3.05, 3.63) is 35.4 Å². The zero-order valence-corrected chi connectivity index (χ0v) is 13.4. The molecule has 0 atom stereocenters. The van der Waals surface area contributed by atoms with Crippen molar-refractivity contribution < 1.29 is 17.9 Å². The third kappa shape index (κ3) is 2.62. The summed E-state index contributed by atoms with van der Waals surface area (Å²) in [5.74, 6) is 1.22. The quantitative estimate of drug-likeness (QED) is 0.825. The van der Waals surface area contributed by atoms with Crippen LogP contribution in [0, 0.1) is 0 Å². The van der Waals surface area contributed by atoms with E-state index in [4.69, 9.17) is 9.47 Å². The number of amidine groups is 1. The summed E-state index contributed by atoms with van der Waals surface area (Å²) in [6.07, 6.45) is 0. The first-order chi connectivity index (χ1) is 10.5. The van der Waals surface area contributed by atoms with Crippen molar-refractivity contribution in [3.8, 4) is 5.75 Å². The van der Waals surface area contributed by atoms with Gasteiger partial charge in [0.05, 0.1) is 20.3 Å². The SMILES string of the molecule is COc1ccc(C2=C(C)C(N3CCOCC3)=NS2(=O)=O)cc1. The van der Waals surface area contributed by atoms with Crippen LogP contribution in [0.25, 0.3) is 4.91 Å². The Morgan fingerprint density at radius 2 is 1.82 bits per heavy atom. The molecular formula is C15H18N2O4S. The van der Waals surface area contributed by atoms with Gasteiger partial charge in [-0.15, -0.1) is 4.40 Å². The summed E-state index contributed by atoms with van der Waals surface area (Å²) in [6, 6.07) is 6.98. The van der Waals surface area contributed by atoms with Crippen LogP contribution in [-0.4, -0.2) is 52.6 Å². The average molecular weight is 322 g/mol. The van der Waals surface area contributed by atoms with Gasteiger partial charge in [-0.2, -0.15) is 8.42 Å². The van der Waals surface area contributed by atoms with Crippen molar-refractivity contribution in [2.24, 2.45) is 4.40 Å². The summed E-state index contributed by atoms with van der Waals surface area (Å²) in [7, 11) is -2.09. The molecule has 0 saturated carbocycles. The Morgan fingerprint density at radius 3 is 2.41 bits per heavy atom. The van der Waals surface area contributed by atoms with Crippen LogP contribution in [0.4, 0.5) is 0 Å². The van der Waals surface area contributed by atoms with Gasteiger partial charge in [-0.25, -0.2) is 0 Å². The standard InChI is InChI=1S/C15H18N2O4S/c1-11-14(12-3-5-13(20-2)6-4-12)22(18,19)16-15(11)17-7-9-21-10-8-17/h3-6H,7-10H2,1-2H3. The molecule has 2 aliphatic heterocycles. The van der Waals surface area contributed by atoms with Gasteiger partial charge in [-0.05, 0) is 36.8 Å². The minimum absolute atomic E-state index is 0.275. The molecule has 0 radical (unpaired) electrons. The van der Waals surface area contributed by atoms with Crippen molar-refractivity contribution in [3.63, 3.8) is 0 Å². The van der Waals surface area contributed by atoms with E-state index in [9.17, 15) is 8.42 Å². The van der Waals surface area contributed by atoms with Gasteiger partial charge in [0, 0.05) is 18.7 Å². The van der Waals surface area contributed by atoms with Crippen LogP contribution < -0.4 is 4.74 Å². The van der Waals surface area contributed by atoms with Gasteiger partial charge < -0.3 is 14.4 Å². The number of methoxy groups -OCH3 is 1. The summed E-state index contributed by atoms with van der Waals surface area (Å²) in [4.78, 5) is 2.24. The van der Waals surface area contributed by atoms with Crippen molar-refractivity contribution in [1.29, 1.82) is 0 Å². The second-order valence-corrected chi connectivity index (χ2v) is 6.71. The molecule has 1 aromatic rings. The second-order valence-electron chi connectivity index (χ2n) is 5.17. The predicted octanol–water partition coefficient (Wildman–Crippen LogP) is 1.50. The van der Waals surface area contributed by atoms with Crippen LogP contribution >= 0.6 is 0 Å². The zero-order chi connectivity index (χ0) is 15.7. The van der Waals surface area contributed by atoms with E-state index < -0.39 is 10.0 Å². The molecule has 0 spiro atoms. The number of benzene rings is 1. The fourth-order valence-corrected chi connectivity index (χ4v) is 4.18. The van der Waals surface area contributed by atoms with Gasteiger partial charge in [0.25, 0.3) is 10.0 Å². The highest BCUT2D eigenvalue weighted by Gasteiger charge is 2.33. The predicted molar refractivity (Wildman–Crippen MR) is 84.3 cm³/mol. The highest BCUT2D eigenvalue weighted by Crippen LogP contribution is 2.34. The molecule has 0 aliphatic carbocycles. The summed E-state index contributed by atoms with van der Waals surface area (Å²) in [5, 5.41) is 0. The number of ether oxygens (including phenoxy) is 2. The van der Waals surface area contributed by atoms with E-state index in [1.54, 1.807) is 38.3 Å². The van der Waals surface area contributed by atoms with Crippen molar-refractivity contribution in [2.45, 2.75) is 6.92 Å². The Labute approximate surface area is 130 Å². The minimum Gasteiger partial charge on any atom is -0.497 e. The molecule has 0 amide bonds. The van der Waals surface area contributed by atoms with Crippen LogP contribution in [-0.2, 0) is 14.8 Å². The fraction of sp³-hybridized carbons (Fsp3) is 0.400. The lowest BCUT2D eigenvalue weighted by Gasteiger charge is -2.28. The van der Waals surface area contributed by atoms with E-state index in [-0.39, 0.29) is 4.91 Å². The maximum Gasteiger partial charge on any atom is 0.285 e. The molecule has 1 fully saturated rings. The highest BCUT2D eigenvalue weighted by molar-refractivity contribution is 8.00. The molecule has 118 valence electrons. The Balaban J connectivity index is 2.00. The molecule has 0 unspecified atom stereocenters. The molecule has 22 heavy (non-hydrogen) atoms. The Bertz CT molecular complexity index is 729. The van der Waals surface area contributed by atoms with Crippen LogP contribution in [0.5, 0.6) is 5.75 Å². The van der Waals surface area contributed by atoms with Gasteiger partial charge in [0.1, 0.15) is 16.5 Å². The van der Waals surface area contributed by atoms with E-state index in [1.807, 2.05) is 4.90 Å². The molecule has 0 N–H and O–H groups in total. The number of hydrogen-bond acceptors (Lipinski definition) is 5. The molecule has 0 bridgehead atoms. The summed E-state index contributed by atoms with van der Waals surface area (Å²) < 4.78 is 39.3. The van der Waals surface area contributed by atoms with Gasteiger partial charge >= 0.3 is 0 Å². The number of rotatable bonds is 2. The van der Waals surface area contributed by atoms with Crippen LogP contribution in [0.1, 0.15) is 12.5 Å². The zero-order valence-electron chi connectivity index (χ0n) is 12.6. The van der Waals surface area contributed by atoms with Crippen LogP contribution in [0.2, 0.25) is 0 Å². The molecule has 7 heteroatoms. The van der Waals surface area contributed by atoms with Gasteiger partial charge in [0.15, 0.2) is 0 Å². The molecule has 6 nitrogen and oxygen atoms in total. The number of morpholine rings is 1. The monoisotopic (exact) mass is 322 g/mol. The van der Waals surface area contributed by atoms with Crippen LogP contribution in [0.3, 0.4) is 0 Å². The Morgan fingerprint density at radius 1 is 1.18 bits per heavy atom. The molecule has 1 saturated heterocycles. The fourth-order valence-electron chi connectivity index (χ4n) is 2.70. The van der Waals surface area contributed by atoms with Gasteiger partial charge in [-0.3, -0.25) is 0 Å². The van der Waals surface area contributed by atoms with Gasteiger partial charge in [-0.1, -0.05) is 0 Å². The average Bonchev–Trinajstić information content (AvgIpc) is 2.78. The second kappa shape index (κ2) is 5.73. The first-order valence-electron chi connectivity index (χ1n) is 7.06. The van der Waals surface area contributed by atoms with E-state index in [0.29, 0.717) is 49.0 Å². The molecule has 2 aliphatic rings. The summed E-state index contributed by atoms with van der Waals surface area (Å²) in [5.41, 5.74) is 1.32. The van der Waals surface area contributed by atoms with E-state index >= 15 is 0 Å². The van der Waals surface area contributed by atoms with Crippen molar-refractivity contribution in [1.82, 2.24) is 4.90 Å². The third-order valence-electron chi connectivity index (χ3n) is 3.80. The van der Waals surface area contributed by atoms with Crippen molar-refractivity contribution in [2.75, 3.05) is 33.4 Å². The van der Waals surface area contributed by atoms with E-state index in [1.165, 1.54) is 0 Å². The maximum atomic E-state index is 12.4. The summed E-state index contributed by atoms with van der Waals surface area (Å²) >= 11 is 0. The normalized spacial score (nSPS) is 21.0. The van der Waals surface area contributed by atoms with E-state index in [0.717, 1.165) is 0 Å². The topological polar surface area (TPSA) is 68.2 Å².